The second-order valence-corrected chi connectivity index (χ2v) is 11.8. The van der Waals surface area contributed by atoms with Gasteiger partial charge in [0, 0.05) is 35.2 Å². The number of aliphatic hydroxyl groups is 4. The number of rotatable bonds is 5. The molecule has 0 aliphatic carbocycles. The van der Waals surface area contributed by atoms with Gasteiger partial charge in [-0.25, -0.2) is 0 Å². The third-order valence-corrected chi connectivity index (χ3v) is 7.34. The van der Waals surface area contributed by atoms with Gasteiger partial charge in [0.15, 0.2) is 0 Å². The quantitative estimate of drug-likeness (QED) is 0.562. The summed E-state index contributed by atoms with van der Waals surface area (Å²) in [5, 5.41) is 43.1. The summed E-state index contributed by atoms with van der Waals surface area (Å²) in [5.74, 6) is 0. The number of β-amino-alcohol motifs (C(OH)–C–C–N with tert-alkyl or cyclic N) is 2. The van der Waals surface area contributed by atoms with Crippen LogP contribution in [0, 0.1) is 0 Å². The maximum absolute atomic E-state index is 12.0. The zero-order valence-electron chi connectivity index (χ0n) is 19.3. The molecule has 0 aromatic heterocycles. The summed E-state index contributed by atoms with van der Waals surface area (Å²) >= 11 is 0. The Balaban J connectivity index is 2.45. The number of piperidine rings is 2. The van der Waals surface area contributed by atoms with Crippen LogP contribution in [0.1, 0.15) is 81.1 Å². The molecule has 2 rings (SSSR count). The summed E-state index contributed by atoms with van der Waals surface area (Å²) in [6.45, 7) is 18.0. The van der Waals surface area contributed by atoms with Crippen LogP contribution in [0.3, 0.4) is 0 Å². The molecule has 0 atom stereocenters. The molecule has 166 valence electrons. The minimum absolute atomic E-state index is 0.0751. The van der Waals surface area contributed by atoms with Gasteiger partial charge in [-0.1, -0.05) is 0 Å². The summed E-state index contributed by atoms with van der Waals surface area (Å²) in [6, 6.07) is 0. The number of hydrogen-bond acceptors (Lipinski definition) is 6. The molecule has 28 heavy (non-hydrogen) atoms. The van der Waals surface area contributed by atoms with Crippen LogP contribution in [0.15, 0.2) is 0 Å². The molecule has 0 aromatic carbocycles. The number of nitrogens with zero attached hydrogens (tertiary/aromatic N) is 2. The molecular formula is C22H44N2O4. The highest BCUT2D eigenvalue weighted by Gasteiger charge is 2.64. The van der Waals surface area contributed by atoms with Crippen molar-refractivity contribution >= 4 is 0 Å². The van der Waals surface area contributed by atoms with Crippen LogP contribution in [-0.4, -0.2) is 89.9 Å². The van der Waals surface area contributed by atoms with Crippen LogP contribution in [0.2, 0.25) is 0 Å². The Labute approximate surface area is 171 Å². The molecule has 6 heteroatoms. The van der Waals surface area contributed by atoms with Crippen LogP contribution >= 0.6 is 0 Å². The van der Waals surface area contributed by atoms with Gasteiger partial charge in [-0.3, -0.25) is 9.80 Å². The lowest BCUT2D eigenvalue weighted by molar-refractivity contribution is -0.263. The first-order valence-electron chi connectivity index (χ1n) is 10.7. The average molecular weight is 401 g/mol. The molecule has 2 heterocycles. The van der Waals surface area contributed by atoms with Crippen molar-refractivity contribution < 1.29 is 20.4 Å². The van der Waals surface area contributed by atoms with Crippen molar-refractivity contribution in [2.24, 2.45) is 0 Å². The number of hydrogen-bond donors (Lipinski definition) is 4. The average Bonchev–Trinajstić information content (AvgIpc) is 2.44. The van der Waals surface area contributed by atoms with Crippen LogP contribution in [-0.2, 0) is 0 Å². The van der Waals surface area contributed by atoms with E-state index in [1.807, 2.05) is 0 Å². The maximum Gasteiger partial charge on any atom is 0.0969 e. The predicted octanol–water partition coefficient (Wildman–Crippen LogP) is 1.74. The fraction of sp³-hybridized carbons (Fsp3) is 1.00. The lowest BCUT2D eigenvalue weighted by Crippen LogP contribution is -2.76. The van der Waals surface area contributed by atoms with Crippen LogP contribution in [0.4, 0.5) is 0 Å². The molecular weight excluding hydrogens is 356 g/mol. The first-order chi connectivity index (χ1) is 12.5. The molecule has 0 bridgehead atoms. The van der Waals surface area contributed by atoms with Crippen LogP contribution < -0.4 is 0 Å². The van der Waals surface area contributed by atoms with E-state index in [4.69, 9.17) is 0 Å². The number of likely N-dealkylation sites (tertiary alicyclic amines) is 2. The molecule has 0 aromatic rings. The van der Waals surface area contributed by atoms with Crippen molar-refractivity contribution in [1.82, 2.24) is 9.80 Å². The largest absolute Gasteiger partial charge is 0.395 e. The Bertz CT molecular complexity index is 485. The normalized spacial score (nSPS) is 30.9. The fourth-order valence-corrected chi connectivity index (χ4v) is 7.08. The molecule has 2 aliphatic rings. The Hall–Kier alpha value is -0.240. The Morgan fingerprint density at radius 3 is 0.929 bits per heavy atom. The topological polar surface area (TPSA) is 87.4 Å². The van der Waals surface area contributed by atoms with E-state index in [-0.39, 0.29) is 35.4 Å². The van der Waals surface area contributed by atoms with Gasteiger partial charge in [0.05, 0.1) is 24.4 Å². The highest BCUT2D eigenvalue weighted by atomic mass is 16.4. The van der Waals surface area contributed by atoms with E-state index in [1.165, 1.54) is 0 Å². The van der Waals surface area contributed by atoms with Crippen LogP contribution in [0.5, 0.6) is 0 Å². The summed E-state index contributed by atoms with van der Waals surface area (Å²) in [5.41, 5.74) is -3.88. The molecule has 4 N–H and O–H groups in total. The van der Waals surface area contributed by atoms with Crippen molar-refractivity contribution in [1.29, 1.82) is 0 Å². The maximum atomic E-state index is 12.0. The zero-order valence-corrected chi connectivity index (χ0v) is 19.3. The molecule has 0 unspecified atom stereocenters. The van der Waals surface area contributed by atoms with Crippen molar-refractivity contribution in [2.75, 3.05) is 26.3 Å². The minimum atomic E-state index is -1.23. The molecule has 0 amide bonds. The van der Waals surface area contributed by atoms with Gasteiger partial charge >= 0.3 is 0 Å². The number of aliphatic hydroxyl groups excluding tert-OH is 2. The Kier molecular flexibility index (Phi) is 6.16. The standard InChI is InChI=1S/C22H44N2O4/c1-17(2)13-21(27,14-18(3,4)23(17)9-11-25)22(28)15-19(5,6)24(10-12-26)20(7,8)16-22/h25-28H,9-16H2,1-8H3. The zero-order chi connectivity index (χ0) is 21.8. The van der Waals surface area contributed by atoms with E-state index in [2.05, 4.69) is 65.2 Å². The Morgan fingerprint density at radius 2 is 0.750 bits per heavy atom. The summed E-state index contributed by atoms with van der Waals surface area (Å²) in [6.07, 6.45) is 1.80. The smallest absolute Gasteiger partial charge is 0.0969 e. The third kappa shape index (κ3) is 4.01. The van der Waals surface area contributed by atoms with E-state index < -0.39 is 11.2 Å². The van der Waals surface area contributed by atoms with Crippen molar-refractivity contribution in [2.45, 2.75) is 114 Å². The van der Waals surface area contributed by atoms with Gasteiger partial charge in [0.25, 0.3) is 0 Å². The monoisotopic (exact) mass is 400 g/mol. The molecule has 2 fully saturated rings. The molecule has 2 aliphatic heterocycles. The van der Waals surface area contributed by atoms with Gasteiger partial charge in [0.2, 0.25) is 0 Å². The third-order valence-electron chi connectivity index (χ3n) is 7.34. The fourth-order valence-electron chi connectivity index (χ4n) is 7.08. The van der Waals surface area contributed by atoms with Gasteiger partial charge in [-0.05, 0) is 81.1 Å². The van der Waals surface area contributed by atoms with Gasteiger partial charge in [-0.15, -0.1) is 0 Å². The molecule has 6 nitrogen and oxygen atoms in total. The lowest BCUT2D eigenvalue weighted by Gasteiger charge is -2.66. The lowest BCUT2D eigenvalue weighted by atomic mass is 9.57. The summed E-state index contributed by atoms with van der Waals surface area (Å²) in [7, 11) is 0. The second-order valence-electron chi connectivity index (χ2n) is 11.8. The highest BCUT2D eigenvalue weighted by molar-refractivity contribution is 5.19. The van der Waals surface area contributed by atoms with E-state index in [0.717, 1.165) is 0 Å². The molecule has 2 saturated heterocycles. The summed E-state index contributed by atoms with van der Waals surface area (Å²) < 4.78 is 0. The first kappa shape index (κ1) is 24.0. The van der Waals surface area contributed by atoms with Gasteiger partial charge in [0.1, 0.15) is 0 Å². The highest BCUT2D eigenvalue weighted by Crippen LogP contribution is 2.55. The molecule has 0 spiro atoms. The predicted molar refractivity (Wildman–Crippen MR) is 112 cm³/mol. The van der Waals surface area contributed by atoms with E-state index in [0.29, 0.717) is 38.8 Å². The first-order valence-corrected chi connectivity index (χ1v) is 10.7. The van der Waals surface area contributed by atoms with Crippen molar-refractivity contribution in [3.05, 3.63) is 0 Å². The molecule has 0 radical (unpaired) electrons. The Morgan fingerprint density at radius 1 is 0.536 bits per heavy atom. The van der Waals surface area contributed by atoms with Crippen molar-refractivity contribution in [3.8, 4) is 0 Å². The van der Waals surface area contributed by atoms with Gasteiger partial charge in [-0.2, -0.15) is 0 Å². The van der Waals surface area contributed by atoms with E-state index in [1.54, 1.807) is 0 Å². The summed E-state index contributed by atoms with van der Waals surface area (Å²) in [4.78, 5) is 4.52. The SMILES string of the molecule is CC1(C)CC(O)(C2(O)CC(C)(C)N(CCO)C(C)(C)C2)CC(C)(C)N1CCO. The van der Waals surface area contributed by atoms with E-state index in [9.17, 15) is 20.4 Å². The second kappa shape index (κ2) is 7.17. The van der Waals surface area contributed by atoms with Gasteiger partial charge < -0.3 is 20.4 Å². The van der Waals surface area contributed by atoms with E-state index >= 15 is 0 Å². The van der Waals surface area contributed by atoms with Crippen molar-refractivity contribution in [3.63, 3.8) is 0 Å². The van der Waals surface area contributed by atoms with Crippen LogP contribution in [0.25, 0.3) is 0 Å². The molecule has 0 saturated carbocycles. The minimum Gasteiger partial charge on any atom is -0.395 e.